The van der Waals surface area contributed by atoms with Crippen molar-refractivity contribution in [3.63, 3.8) is 0 Å². The smallest absolute Gasteiger partial charge is 0.226 e. The van der Waals surface area contributed by atoms with Gasteiger partial charge in [-0.1, -0.05) is 11.6 Å². The Hall–Kier alpha value is -0.750. The van der Waals surface area contributed by atoms with Crippen LogP contribution >= 0.6 is 11.6 Å². The van der Waals surface area contributed by atoms with Crippen molar-refractivity contribution in [2.24, 2.45) is 0 Å². The van der Waals surface area contributed by atoms with Gasteiger partial charge in [0.05, 0.1) is 11.2 Å². The van der Waals surface area contributed by atoms with Crippen LogP contribution in [0.15, 0.2) is 17.2 Å². The fraction of sp³-hybridized carbons (Fsp3) is 0. The predicted molar refractivity (Wildman–Crippen MR) is 37.5 cm³/mol. The molecule has 1 aromatic heterocycles. The molecule has 1 heterocycles. The standard InChI is InChI=1S/C5H2ClF2NO2S/c6-4-1-3(12(8,10)11)2-9-5(4)7/h1-2H. The molecule has 0 saturated heterocycles. The maximum absolute atomic E-state index is 12.3. The van der Waals surface area contributed by atoms with Gasteiger partial charge in [0.25, 0.3) is 0 Å². The van der Waals surface area contributed by atoms with E-state index in [-0.39, 0.29) is 0 Å². The Morgan fingerprint density at radius 3 is 2.50 bits per heavy atom. The van der Waals surface area contributed by atoms with E-state index in [1.54, 1.807) is 0 Å². The minimum absolute atomic E-state index is 0.534. The first-order valence-corrected chi connectivity index (χ1v) is 4.43. The molecule has 0 N–H and O–H groups in total. The third-order valence-corrected chi connectivity index (χ3v) is 2.10. The van der Waals surface area contributed by atoms with Gasteiger partial charge in [-0.15, -0.1) is 3.89 Å². The molecule has 66 valence electrons. The highest BCUT2D eigenvalue weighted by Gasteiger charge is 2.14. The average Bonchev–Trinajstić information content (AvgIpc) is 1.92. The van der Waals surface area contributed by atoms with Gasteiger partial charge in [-0.2, -0.15) is 12.8 Å². The highest BCUT2D eigenvalue weighted by molar-refractivity contribution is 7.86. The molecule has 0 aromatic carbocycles. The lowest BCUT2D eigenvalue weighted by Crippen LogP contribution is -1.94. The molecule has 12 heavy (non-hydrogen) atoms. The van der Waals surface area contributed by atoms with Gasteiger partial charge in [-0.25, -0.2) is 4.98 Å². The fourth-order valence-corrected chi connectivity index (χ4v) is 1.21. The number of hydrogen-bond acceptors (Lipinski definition) is 3. The number of hydrogen-bond donors (Lipinski definition) is 0. The van der Waals surface area contributed by atoms with Crippen LogP contribution in [0.25, 0.3) is 0 Å². The summed E-state index contributed by atoms with van der Waals surface area (Å²) in [6.07, 6.45) is 0.552. The van der Waals surface area contributed by atoms with E-state index in [4.69, 9.17) is 11.6 Å². The molecular weight excluding hydrogens is 212 g/mol. The van der Waals surface area contributed by atoms with Crippen LogP contribution in [0.3, 0.4) is 0 Å². The fourth-order valence-electron chi connectivity index (χ4n) is 0.537. The van der Waals surface area contributed by atoms with Crippen molar-refractivity contribution in [1.29, 1.82) is 0 Å². The summed E-state index contributed by atoms with van der Waals surface area (Å²) in [5, 5.41) is -0.534. The Bertz CT molecular complexity index is 406. The topological polar surface area (TPSA) is 47.0 Å². The maximum Gasteiger partial charge on any atom is 0.333 e. The molecule has 0 unspecified atom stereocenters. The average molecular weight is 214 g/mol. The lowest BCUT2D eigenvalue weighted by molar-refractivity contribution is 0.548. The van der Waals surface area contributed by atoms with Crippen molar-refractivity contribution in [3.8, 4) is 0 Å². The molecular formula is C5H2ClF2NO2S. The molecule has 0 amide bonds. The Labute approximate surface area is 72.2 Å². The number of aromatic nitrogens is 1. The molecule has 1 rings (SSSR count). The molecule has 0 aliphatic heterocycles. The van der Waals surface area contributed by atoms with Crippen LogP contribution in [0.2, 0.25) is 5.02 Å². The third kappa shape index (κ3) is 1.89. The minimum atomic E-state index is -4.86. The van der Waals surface area contributed by atoms with E-state index < -0.39 is 26.1 Å². The van der Waals surface area contributed by atoms with Gasteiger partial charge in [0.1, 0.15) is 4.90 Å². The molecule has 0 atom stereocenters. The summed E-state index contributed by atoms with van der Waals surface area (Å²) >= 11 is 5.15. The lowest BCUT2D eigenvalue weighted by atomic mass is 10.5. The summed E-state index contributed by atoms with van der Waals surface area (Å²) < 4.78 is 44.9. The summed E-state index contributed by atoms with van der Waals surface area (Å²) in [7, 11) is -4.86. The van der Waals surface area contributed by atoms with Gasteiger partial charge >= 0.3 is 10.2 Å². The normalized spacial score (nSPS) is 11.6. The van der Waals surface area contributed by atoms with Gasteiger partial charge in [-0.05, 0) is 6.07 Å². The van der Waals surface area contributed by atoms with E-state index in [1.165, 1.54) is 0 Å². The summed E-state index contributed by atoms with van der Waals surface area (Å²) in [5.41, 5.74) is 0. The van der Waals surface area contributed by atoms with Crippen molar-refractivity contribution in [1.82, 2.24) is 4.98 Å². The first-order valence-electron chi connectivity index (χ1n) is 2.67. The van der Waals surface area contributed by atoms with Crippen molar-refractivity contribution in [3.05, 3.63) is 23.2 Å². The zero-order valence-electron chi connectivity index (χ0n) is 5.46. The monoisotopic (exact) mass is 213 g/mol. The Balaban J connectivity index is 3.33. The number of pyridine rings is 1. The van der Waals surface area contributed by atoms with Crippen LogP contribution < -0.4 is 0 Å². The van der Waals surface area contributed by atoms with Crippen molar-refractivity contribution in [2.45, 2.75) is 4.90 Å². The molecule has 0 spiro atoms. The van der Waals surface area contributed by atoms with Gasteiger partial charge in [-0.3, -0.25) is 0 Å². The van der Waals surface area contributed by atoms with Crippen LogP contribution in [0.1, 0.15) is 0 Å². The zero-order chi connectivity index (χ0) is 9.35. The molecule has 1 aromatic rings. The highest BCUT2D eigenvalue weighted by atomic mass is 35.5. The zero-order valence-corrected chi connectivity index (χ0v) is 7.03. The van der Waals surface area contributed by atoms with Crippen molar-refractivity contribution < 1.29 is 16.7 Å². The van der Waals surface area contributed by atoms with Crippen LogP contribution in [-0.4, -0.2) is 13.4 Å². The van der Waals surface area contributed by atoms with Gasteiger partial charge in [0, 0.05) is 0 Å². The second kappa shape index (κ2) is 2.95. The van der Waals surface area contributed by atoms with E-state index in [0.717, 1.165) is 0 Å². The minimum Gasteiger partial charge on any atom is -0.226 e. The molecule has 0 fully saturated rings. The highest BCUT2D eigenvalue weighted by Crippen LogP contribution is 2.18. The van der Waals surface area contributed by atoms with Crippen LogP contribution in [-0.2, 0) is 10.2 Å². The first-order chi connectivity index (χ1) is 5.41. The summed E-state index contributed by atoms with van der Waals surface area (Å²) in [6, 6.07) is 0.652. The van der Waals surface area contributed by atoms with Gasteiger partial charge in [0.2, 0.25) is 5.95 Å². The van der Waals surface area contributed by atoms with E-state index in [1.807, 2.05) is 0 Å². The molecule has 0 aliphatic carbocycles. The van der Waals surface area contributed by atoms with Crippen LogP contribution in [0, 0.1) is 5.95 Å². The van der Waals surface area contributed by atoms with Crippen LogP contribution in [0.4, 0.5) is 8.28 Å². The first kappa shape index (κ1) is 9.34. The largest absolute Gasteiger partial charge is 0.333 e. The molecule has 7 heteroatoms. The van der Waals surface area contributed by atoms with Crippen LogP contribution in [0.5, 0.6) is 0 Å². The molecule has 0 saturated carbocycles. The summed E-state index contributed by atoms with van der Waals surface area (Å²) in [6.45, 7) is 0. The van der Waals surface area contributed by atoms with E-state index in [0.29, 0.717) is 12.3 Å². The maximum atomic E-state index is 12.3. The summed E-state index contributed by atoms with van der Waals surface area (Å²) in [4.78, 5) is 2.17. The second-order valence-electron chi connectivity index (χ2n) is 1.88. The number of rotatable bonds is 1. The Kier molecular flexibility index (Phi) is 2.29. The molecule has 3 nitrogen and oxygen atoms in total. The summed E-state index contributed by atoms with van der Waals surface area (Å²) in [5.74, 6) is -1.04. The Morgan fingerprint density at radius 2 is 2.08 bits per heavy atom. The molecule has 0 aliphatic rings. The predicted octanol–water partition coefficient (Wildman–Crippen LogP) is 1.53. The van der Waals surface area contributed by atoms with Gasteiger partial charge in [0.15, 0.2) is 0 Å². The quantitative estimate of drug-likeness (QED) is 0.525. The Morgan fingerprint density at radius 1 is 1.50 bits per heavy atom. The van der Waals surface area contributed by atoms with E-state index >= 15 is 0 Å². The molecule has 0 bridgehead atoms. The lowest BCUT2D eigenvalue weighted by Gasteiger charge is -1.94. The van der Waals surface area contributed by atoms with E-state index in [9.17, 15) is 16.7 Å². The number of halogens is 3. The van der Waals surface area contributed by atoms with Crippen molar-refractivity contribution >= 4 is 21.8 Å². The number of nitrogens with zero attached hydrogens (tertiary/aromatic N) is 1. The van der Waals surface area contributed by atoms with E-state index in [2.05, 4.69) is 4.98 Å². The van der Waals surface area contributed by atoms with Gasteiger partial charge < -0.3 is 0 Å². The van der Waals surface area contributed by atoms with Crippen molar-refractivity contribution in [2.75, 3.05) is 0 Å². The third-order valence-electron chi connectivity index (χ3n) is 1.05. The second-order valence-corrected chi connectivity index (χ2v) is 3.64. The SMILES string of the molecule is O=S(=O)(F)c1cnc(F)c(Cl)c1. The molecule has 0 radical (unpaired) electrons.